The van der Waals surface area contributed by atoms with E-state index in [1.165, 1.54) is 0 Å². The van der Waals surface area contributed by atoms with Crippen molar-refractivity contribution < 1.29 is 9.90 Å². The van der Waals surface area contributed by atoms with Crippen LogP contribution < -0.4 is 11.1 Å². The zero-order valence-electron chi connectivity index (χ0n) is 8.27. The molecule has 0 aliphatic rings. The average Bonchev–Trinajstić information content (AvgIpc) is 2.18. The minimum atomic E-state index is -0.958. The molecule has 0 amide bonds. The molecule has 82 valence electrons. The molecule has 0 aliphatic carbocycles. The summed E-state index contributed by atoms with van der Waals surface area (Å²) >= 11 is 3.34. The van der Waals surface area contributed by atoms with E-state index in [1.807, 2.05) is 24.3 Å². The standard InChI is InChI=1S/C10H13BrN2O2/c1-13-9(10(14)15)8(12)6-4-2-3-5-7(6)11/h2-5,8-9,13H,12H2,1H3,(H,14,15). The number of likely N-dealkylation sites (N-methyl/N-ethyl adjacent to an activating group) is 1. The predicted octanol–water partition coefficient (Wildman–Crippen LogP) is 1.12. The molecule has 0 saturated heterocycles. The Kier molecular flexibility index (Phi) is 4.26. The predicted molar refractivity (Wildman–Crippen MR) is 61.6 cm³/mol. The van der Waals surface area contributed by atoms with E-state index in [2.05, 4.69) is 21.2 Å². The highest BCUT2D eigenvalue weighted by Gasteiger charge is 2.25. The van der Waals surface area contributed by atoms with Crippen molar-refractivity contribution in [2.24, 2.45) is 5.73 Å². The third-order valence-electron chi connectivity index (χ3n) is 2.20. The molecule has 2 unspecified atom stereocenters. The first-order valence-corrected chi connectivity index (χ1v) is 5.27. The SMILES string of the molecule is CNC(C(=O)O)C(N)c1ccccc1Br. The van der Waals surface area contributed by atoms with Gasteiger partial charge in [0.25, 0.3) is 0 Å². The van der Waals surface area contributed by atoms with E-state index in [1.54, 1.807) is 7.05 Å². The molecular formula is C10H13BrN2O2. The maximum atomic E-state index is 10.9. The van der Waals surface area contributed by atoms with Crippen LogP contribution in [-0.2, 0) is 4.79 Å². The van der Waals surface area contributed by atoms with Crippen LogP contribution in [0.2, 0.25) is 0 Å². The molecule has 0 heterocycles. The lowest BCUT2D eigenvalue weighted by Crippen LogP contribution is -2.43. The number of nitrogens with one attached hydrogen (secondary N) is 1. The van der Waals surface area contributed by atoms with Gasteiger partial charge in [0.1, 0.15) is 6.04 Å². The van der Waals surface area contributed by atoms with Crippen molar-refractivity contribution in [2.75, 3.05) is 7.05 Å². The highest BCUT2D eigenvalue weighted by molar-refractivity contribution is 9.10. The first-order valence-electron chi connectivity index (χ1n) is 4.48. The van der Waals surface area contributed by atoms with Crippen LogP contribution in [0.3, 0.4) is 0 Å². The molecule has 0 aliphatic heterocycles. The number of benzene rings is 1. The van der Waals surface area contributed by atoms with Crippen molar-refractivity contribution in [3.63, 3.8) is 0 Å². The summed E-state index contributed by atoms with van der Waals surface area (Å²) in [5, 5.41) is 11.6. The fraction of sp³-hybridized carbons (Fsp3) is 0.300. The Morgan fingerprint density at radius 3 is 2.60 bits per heavy atom. The molecule has 4 N–H and O–H groups in total. The monoisotopic (exact) mass is 272 g/mol. The van der Waals surface area contributed by atoms with E-state index in [0.29, 0.717) is 0 Å². The van der Waals surface area contributed by atoms with Crippen molar-refractivity contribution in [3.8, 4) is 0 Å². The van der Waals surface area contributed by atoms with Crippen molar-refractivity contribution in [2.45, 2.75) is 12.1 Å². The van der Waals surface area contributed by atoms with Crippen molar-refractivity contribution in [3.05, 3.63) is 34.3 Å². The molecule has 1 aromatic carbocycles. The Bertz CT molecular complexity index is 357. The number of aliphatic carboxylic acids is 1. The second kappa shape index (κ2) is 5.25. The third kappa shape index (κ3) is 2.77. The van der Waals surface area contributed by atoms with E-state index in [9.17, 15) is 4.79 Å². The number of nitrogens with two attached hydrogens (primary N) is 1. The molecule has 4 nitrogen and oxygen atoms in total. The third-order valence-corrected chi connectivity index (χ3v) is 2.92. The molecule has 0 saturated carbocycles. The van der Waals surface area contributed by atoms with Crippen molar-refractivity contribution in [1.29, 1.82) is 0 Å². The zero-order chi connectivity index (χ0) is 11.4. The fourth-order valence-electron chi connectivity index (χ4n) is 1.38. The Labute approximate surface area is 96.6 Å². The van der Waals surface area contributed by atoms with Gasteiger partial charge in [-0.1, -0.05) is 34.1 Å². The summed E-state index contributed by atoms with van der Waals surface area (Å²) in [5.74, 6) is -0.958. The first kappa shape index (κ1) is 12.2. The van der Waals surface area contributed by atoms with Crippen LogP contribution in [0.1, 0.15) is 11.6 Å². The minimum absolute atomic E-state index is 0.580. The minimum Gasteiger partial charge on any atom is -0.480 e. The van der Waals surface area contributed by atoms with Gasteiger partial charge >= 0.3 is 5.97 Å². The normalized spacial score (nSPS) is 14.6. The maximum Gasteiger partial charge on any atom is 0.322 e. The van der Waals surface area contributed by atoms with Crippen LogP contribution in [0.15, 0.2) is 28.7 Å². The molecule has 0 bridgehead atoms. The van der Waals surface area contributed by atoms with Gasteiger partial charge in [0.2, 0.25) is 0 Å². The Morgan fingerprint density at radius 1 is 1.53 bits per heavy atom. The van der Waals surface area contributed by atoms with Crippen LogP contribution in [-0.4, -0.2) is 24.2 Å². The summed E-state index contributed by atoms with van der Waals surface area (Å²) in [5.41, 5.74) is 6.66. The number of hydrogen-bond donors (Lipinski definition) is 3. The van der Waals surface area contributed by atoms with E-state index in [-0.39, 0.29) is 0 Å². The number of carbonyl (C=O) groups is 1. The summed E-state index contributed by atoms with van der Waals surface area (Å²) in [6, 6.07) is 5.96. The van der Waals surface area contributed by atoms with Crippen LogP contribution in [0.4, 0.5) is 0 Å². The van der Waals surface area contributed by atoms with Gasteiger partial charge in [-0.05, 0) is 18.7 Å². The molecule has 0 spiro atoms. The quantitative estimate of drug-likeness (QED) is 0.768. The summed E-state index contributed by atoms with van der Waals surface area (Å²) in [7, 11) is 1.58. The Balaban J connectivity index is 2.97. The lowest BCUT2D eigenvalue weighted by atomic mass is 10.0. The number of halogens is 1. The summed E-state index contributed by atoms with van der Waals surface area (Å²) in [6.45, 7) is 0. The molecule has 0 fully saturated rings. The van der Waals surface area contributed by atoms with Gasteiger partial charge < -0.3 is 16.2 Å². The second-order valence-electron chi connectivity index (χ2n) is 3.15. The van der Waals surface area contributed by atoms with Gasteiger partial charge in [-0.3, -0.25) is 4.79 Å². The maximum absolute atomic E-state index is 10.9. The van der Waals surface area contributed by atoms with Crippen LogP contribution in [0.5, 0.6) is 0 Å². The van der Waals surface area contributed by atoms with Crippen LogP contribution in [0.25, 0.3) is 0 Å². The van der Waals surface area contributed by atoms with Crippen LogP contribution >= 0.6 is 15.9 Å². The summed E-state index contributed by atoms with van der Waals surface area (Å²) in [6.07, 6.45) is 0. The molecule has 2 atom stereocenters. The topological polar surface area (TPSA) is 75.3 Å². The molecule has 15 heavy (non-hydrogen) atoms. The van der Waals surface area contributed by atoms with Gasteiger partial charge in [0.05, 0.1) is 6.04 Å². The average molecular weight is 273 g/mol. The number of carboxylic acid groups (broad SMARTS) is 1. The summed E-state index contributed by atoms with van der Waals surface area (Å²) < 4.78 is 0.819. The highest BCUT2D eigenvalue weighted by atomic mass is 79.9. The largest absolute Gasteiger partial charge is 0.480 e. The number of carboxylic acids is 1. The molecule has 0 radical (unpaired) electrons. The van der Waals surface area contributed by atoms with Crippen LogP contribution in [0, 0.1) is 0 Å². The fourth-order valence-corrected chi connectivity index (χ4v) is 1.93. The van der Waals surface area contributed by atoms with Crippen molar-refractivity contribution >= 4 is 21.9 Å². The van der Waals surface area contributed by atoms with E-state index in [0.717, 1.165) is 10.0 Å². The van der Waals surface area contributed by atoms with E-state index in [4.69, 9.17) is 10.8 Å². The molecule has 5 heteroatoms. The lowest BCUT2D eigenvalue weighted by molar-refractivity contribution is -0.139. The van der Waals surface area contributed by atoms with Gasteiger partial charge in [0, 0.05) is 4.47 Å². The smallest absolute Gasteiger partial charge is 0.322 e. The lowest BCUT2D eigenvalue weighted by Gasteiger charge is -2.20. The van der Waals surface area contributed by atoms with Crippen molar-refractivity contribution in [1.82, 2.24) is 5.32 Å². The highest BCUT2D eigenvalue weighted by Crippen LogP contribution is 2.23. The van der Waals surface area contributed by atoms with E-state index < -0.39 is 18.1 Å². The van der Waals surface area contributed by atoms with Gasteiger partial charge in [-0.25, -0.2) is 0 Å². The Hall–Kier alpha value is -0.910. The molecule has 1 aromatic rings. The van der Waals surface area contributed by atoms with E-state index >= 15 is 0 Å². The molecule has 1 rings (SSSR count). The summed E-state index contributed by atoms with van der Waals surface area (Å²) in [4.78, 5) is 10.9. The first-order chi connectivity index (χ1) is 7.07. The second-order valence-corrected chi connectivity index (χ2v) is 4.01. The number of hydrogen-bond acceptors (Lipinski definition) is 3. The molecular weight excluding hydrogens is 260 g/mol. The molecule has 0 aromatic heterocycles. The number of rotatable bonds is 4. The van der Waals surface area contributed by atoms with Gasteiger partial charge in [0.15, 0.2) is 0 Å². The zero-order valence-corrected chi connectivity index (χ0v) is 9.86. The van der Waals surface area contributed by atoms with Gasteiger partial charge in [-0.15, -0.1) is 0 Å². The van der Waals surface area contributed by atoms with Gasteiger partial charge in [-0.2, -0.15) is 0 Å². The Morgan fingerprint density at radius 2 is 2.13 bits per heavy atom.